The van der Waals surface area contributed by atoms with Gasteiger partial charge < -0.3 is 20.3 Å². The van der Waals surface area contributed by atoms with Crippen molar-refractivity contribution in [2.45, 2.75) is 25.4 Å². The van der Waals surface area contributed by atoms with Crippen LogP contribution in [0.1, 0.15) is 19.3 Å². The van der Waals surface area contributed by atoms with Gasteiger partial charge in [0.15, 0.2) is 0 Å². The zero-order valence-corrected chi connectivity index (χ0v) is 10.8. The lowest BCUT2D eigenvalue weighted by Crippen LogP contribution is -2.40. The highest BCUT2D eigenvalue weighted by Crippen LogP contribution is 2.13. The van der Waals surface area contributed by atoms with Crippen molar-refractivity contribution in [3.05, 3.63) is 0 Å². The number of hydrogen-bond donors (Lipinski definition) is 1. The van der Waals surface area contributed by atoms with Gasteiger partial charge in [-0.2, -0.15) is 0 Å². The first kappa shape index (κ1) is 13.9. The number of likely N-dealkylation sites (tertiary alicyclic amines) is 1. The van der Waals surface area contributed by atoms with E-state index >= 15 is 0 Å². The molecule has 1 saturated heterocycles. The lowest BCUT2D eigenvalue weighted by Gasteiger charge is -2.32. The van der Waals surface area contributed by atoms with Crippen LogP contribution in [0.25, 0.3) is 0 Å². The van der Waals surface area contributed by atoms with E-state index in [4.69, 9.17) is 10.5 Å². The van der Waals surface area contributed by atoms with Crippen molar-refractivity contribution in [1.29, 1.82) is 0 Å². The number of piperidine rings is 1. The van der Waals surface area contributed by atoms with E-state index in [2.05, 4.69) is 23.9 Å². The summed E-state index contributed by atoms with van der Waals surface area (Å²) in [6.45, 7) is 6.27. The zero-order chi connectivity index (χ0) is 11.8. The van der Waals surface area contributed by atoms with Crippen LogP contribution in [-0.4, -0.2) is 69.3 Å². The second-order valence-electron chi connectivity index (χ2n) is 4.86. The summed E-state index contributed by atoms with van der Waals surface area (Å²) in [5.74, 6) is 0. The first-order chi connectivity index (χ1) is 7.72. The van der Waals surface area contributed by atoms with Gasteiger partial charge in [0.1, 0.15) is 0 Å². The molecule has 0 saturated carbocycles. The van der Waals surface area contributed by atoms with Crippen LogP contribution in [0.15, 0.2) is 0 Å². The van der Waals surface area contributed by atoms with Gasteiger partial charge in [-0.3, -0.25) is 0 Å². The summed E-state index contributed by atoms with van der Waals surface area (Å²) in [6.07, 6.45) is 3.82. The number of nitrogens with zero attached hydrogens (tertiary/aromatic N) is 2. The second kappa shape index (κ2) is 8.01. The van der Waals surface area contributed by atoms with Crippen molar-refractivity contribution in [2.75, 3.05) is 53.4 Å². The Morgan fingerprint density at radius 2 is 2.00 bits per heavy atom. The smallest absolute Gasteiger partial charge is 0.0599 e. The third kappa shape index (κ3) is 5.80. The van der Waals surface area contributed by atoms with Crippen molar-refractivity contribution >= 4 is 0 Å². The van der Waals surface area contributed by atoms with Gasteiger partial charge >= 0.3 is 0 Å². The molecule has 0 aromatic rings. The monoisotopic (exact) mass is 229 g/mol. The molecule has 0 bridgehead atoms. The molecule has 1 rings (SSSR count). The molecule has 1 aliphatic rings. The van der Waals surface area contributed by atoms with Crippen molar-refractivity contribution in [3.63, 3.8) is 0 Å². The lowest BCUT2D eigenvalue weighted by atomic mass is 10.1. The Labute approximate surface area is 99.7 Å². The molecule has 16 heavy (non-hydrogen) atoms. The van der Waals surface area contributed by atoms with E-state index < -0.39 is 0 Å². The summed E-state index contributed by atoms with van der Waals surface area (Å²) >= 11 is 0. The molecule has 0 amide bonds. The fourth-order valence-corrected chi connectivity index (χ4v) is 1.97. The summed E-state index contributed by atoms with van der Waals surface area (Å²) in [5, 5.41) is 0. The SMILES string of the molecule is CN(C)CCN1CCC(OCCCN)CC1. The largest absolute Gasteiger partial charge is 0.378 e. The van der Waals surface area contributed by atoms with Gasteiger partial charge in [0.05, 0.1) is 6.10 Å². The number of rotatable bonds is 7. The van der Waals surface area contributed by atoms with Crippen LogP contribution < -0.4 is 5.73 Å². The van der Waals surface area contributed by atoms with Gasteiger partial charge in [-0.1, -0.05) is 0 Å². The average Bonchev–Trinajstić information content (AvgIpc) is 2.28. The third-order valence-electron chi connectivity index (χ3n) is 3.10. The van der Waals surface area contributed by atoms with Crippen LogP contribution in [0, 0.1) is 0 Å². The van der Waals surface area contributed by atoms with E-state index in [1.165, 1.54) is 32.5 Å². The molecule has 0 spiro atoms. The van der Waals surface area contributed by atoms with Gasteiger partial charge in [-0.25, -0.2) is 0 Å². The van der Waals surface area contributed by atoms with Crippen molar-refractivity contribution < 1.29 is 4.74 Å². The number of ether oxygens (including phenoxy) is 1. The van der Waals surface area contributed by atoms with Crippen molar-refractivity contribution in [2.24, 2.45) is 5.73 Å². The maximum absolute atomic E-state index is 5.78. The van der Waals surface area contributed by atoms with Gasteiger partial charge in [0, 0.05) is 32.8 Å². The van der Waals surface area contributed by atoms with E-state index in [1.54, 1.807) is 0 Å². The highest BCUT2D eigenvalue weighted by molar-refractivity contribution is 4.73. The van der Waals surface area contributed by atoms with Gasteiger partial charge in [0.25, 0.3) is 0 Å². The van der Waals surface area contributed by atoms with Crippen molar-refractivity contribution in [3.8, 4) is 0 Å². The van der Waals surface area contributed by atoms with Crippen LogP contribution in [0.2, 0.25) is 0 Å². The summed E-state index contributed by atoms with van der Waals surface area (Å²) in [5.41, 5.74) is 5.44. The summed E-state index contributed by atoms with van der Waals surface area (Å²) < 4.78 is 5.78. The molecular formula is C12H27N3O. The van der Waals surface area contributed by atoms with E-state index in [9.17, 15) is 0 Å². The highest BCUT2D eigenvalue weighted by Gasteiger charge is 2.18. The lowest BCUT2D eigenvalue weighted by molar-refractivity contribution is 0.00640. The Morgan fingerprint density at radius 1 is 1.31 bits per heavy atom. The topological polar surface area (TPSA) is 41.7 Å². The average molecular weight is 229 g/mol. The van der Waals surface area contributed by atoms with Crippen LogP contribution in [-0.2, 0) is 4.74 Å². The minimum absolute atomic E-state index is 0.474. The molecule has 1 fully saturated rings. The molecule has 96 valence electrons. The van der Waals surface area contributed by atoms with Crippen LogP contribution in [0.4, 0.5) is 0 Å². The Bertz CT molecular complexity index is 168. The minimum atomic E-state index is 0.474. The van der Waals surface area contributed by atoms with E-state index in [-0.39, 0.29) is 0 Å². The predicted octanol–water partition coefficient (Wildman–Crippen LogP) is 0.378. The Kier molecular flexibility index (Phi) is 6.96. The number of likely N-dealkylation sites (N-methyl/N-ethyl adjacent to an activating group) is 1. The summed E-state index contributed by atoms with van der Waals surface area (Å²) in [6, 6.07) is 0. The van der Waals surface area contributed by atoms with Gasteiger partial charge in [-0.05, 0) is 39.9 Å². The van der Waals surface area contributed by atoms with E-state index in [1.807, 2.05) is 0 Å². The van der Waals surface area contributed by atoms with Crippen LogP contribution in [0.5, 0.6) is 0 Å². The first-order valence-electron chi connectivity index (χ1n) is 6.41. The molecule has 2 N–H and O–H groups in total. The Balaban J connectivity index is 2.04. The molecule has 0 unspecified atom stereocenters. The number of nitrogens with two attached hydrogens (primary N) is 1. The third-order valence-corrected chi connectivity index (χ3v) is 3.10. The van der Waals surface area contributed by atoms with Crippen LogP contribution in [0.3, 0.4) is 0 Å². The van der Waals surface area contributed by atoms with E-state index in [0.717, 1.165) is 26.1 Å². The molecule has 0 radical (unpaired) electrons. The van der Waals surface area contributed by atoms with Crippen molar-refractivity contribution in [1.82, 2.24) is 9.80 Å². The maximum Gasteiger partial charge on any atom is 0.0599 e. The van der Waals surface area contributed by atoms with E-state index in [0.29, 0.717) is 6.10 Å². The fraction of sp³-hybridized carbons (Fsp3) is 1.00. The molecule has 1 aliphatic heterocycles. The number of hydrogen-bond acceptors (Lipinski definition) is 4. The summed E-state index contributed by atoms with van der Waals surface area (Å²) in [4.78, 5) is 4.77. The second-order valence-corrected chi connectivity index (χ2v) is 4.86. The fourth-order valence-electron chi connectivity index (χ4n) is 1.97. The molecule has 4 nitrogen and oxygen atoms in total. The predicted molar refractivity (Wildman–Crippen MR) is 67.6 cm³/mol. The molecular weight excluding hydrogens is 202 g/mol. The van der Waals surface area contributed by atoms with Gasteiger partial charge in [-0.15, -0.1) is 0 Å². The molecule has 0 aliphatic carbocycles. The highest BCUT2D eigenvalue weighted by atomic mass is 16.5. The van der Waals surface area contributed by atoms with Gasteiger partial charge in [0.2, 0.25) is 0 Å². The minimum Gasteiger partial charge on any atom is -0.378 e. The Hall–Kier alpha value is -0.160. The Morgan fingerprint density at radius 3 is 2.56 bits per heavy atom. The van der Waals surface area contributed by atoms with Crippen LogP contribution >= 0.6 is 0 Å². The summed E-state index contributed by atoms with van der Waals surface area (Å²) in [7, 11) is 4.26. The standard InChI is InChI=1S/C12H27N3O/c1-14(2)9-10-15-7-4-12(5-8-15)16-11-3-6-13/h12H,3-11,13H2,1-2H3. The maximum atomic E-state index is 5.78. The normalized spacial score (nSPS) is 19.5. The molecule has 4 heteroatoms. The molecule has 1 heterocycles. The zero-order valence-electron chi connectivity index (χ0n) is 10.8. The molecule has 0 atom stereocenters. The quantitative estimate of drug-likeness (QED) is 0.641. The molecule has 0 aromatic carbocycles. The molecule has 0 aromatic heterocycles. The first-order valence-corrected chi connectivity index (χ1v) is 6.41.